The first-order valence-corrected chi connectivity index (χ1v) is 22.0. The summed E-state index contributed by atoms with van der Waals surface area (Å²) in [7, 11) is -0.979. The highest BCUT2D eigenvalue weighted by Gasteiger charge is 2.28. The van der Waals surface area contributed by atoms with E-state index in [2.05, 4.69) is 183 Å². The average Bonchev–Trinajstić information content (AvgIpc) is 3.38. The third kappa shape index (κ3) is 5.37. The van der Waals surface area contributed by atoms with Crippen LogP contribution in [-0.2, 0) is 18.5 Å². The molecule has 0 N–H and O–H groups in total. The van der Waals surface area contributed by atoms with Gasteiger partial charge in [-0.2, -0.15) is 0 Å². The molecule has 1 aliphatic rings. The second-order valence-corrected chi connectivity index (χ2v) is 18.6. The first-order valence-electron chi connectivity index (χ1n) is 18.3. The molecule has 2 heteroatoms. The van der Waals surface area contributed by atoms with Crippen molar-refractivity contribution in [2.45, 2.75) is 18.5 Å². The van der Waals surface area contributed by atoms with Gasteiger partial charge in [0.05, 0.1) is 0 Å². The van der Waals surface area contributed by atoms with Gasteiger partial charge in [0, 0.05) is 0 Å². The molecule has 0 bridgehead atoms. The molecule has 9 aromatic rings. The number of hydrogen-bond donors (Lipinski definition) is 0. The maximum atomic E-state index is 2.52. The van der Waals surface area contributed by atoms with Crippen LogP contribution in [0.1, 0.15) is 16.7 Å². The zero-order chi connectivity index (χ0) is 34.6. The lowest BCUT2D eigenvalue weighted by Crippen LogP contribution is -2.23. The SMILES string of the molecule is C[P@@](Cc1ccc2ccccc2c1-c1cccc2ccccc12)c1ccccc1P1Cc2ccc3ccccc3c2-c2c(ccc3ccccc23)C1. The number of benzene rings is 9. The van der Waals surface area contributed by atoms with Crippen molar-refractivity contribution in [3.63, 3.8) is 0 Å². The van der Waals surface area contributed by atoms with Gasteiger partial charge >= 0.3 is 0 Å². The molecule has 0 unspecified atom stereocenters. The predicted molar refractivity (Wildman–Crippen MR) is 230 cm³/mol. The van der Waals surface area contributed by atoms with Crippen molar-refractivity contribution in [1.29, 1.82) is 0 Å². The summed E-state index contributed by atoms with van der Waals surface area (Å²) in [6.07, 6.45) is 3.23. The van der Waals surface area contributed by atoms with Crippen molar-refractivity contribution in [2.24, 2.45) is 0 Å². The van der Waals surface area contributed by atoms with Crippen molar-refractivity contribution < 1.29 is 0 Å². The second-order valence-electron chi connectivity index (χ2n) is 14.2. The Morgan fingerprint density at radius 2 is 0.885 bits per heavy atom. The molecule has 0 fully saturated rings. The van der Waals surface area contributed by atoms with Gasteiger partial charge in [-0.25, -0.2) is 0 Å². The lowest BCUT2D eigenvalue weighted by atomic mass is 9.88. The van der Waals surface area contributed by atoms with Crippen molar-refractivity contribution in [3.8, 4) is 22.3 Å². The summed E-state index contributed by atoms with van der Waals surface area (Å²) in [6, 6.07) is 66.4. The Balaban J connectivity index is 1.10. The van der Waals surface area contributed by atoms with E-state index in [1.165, 1.54) is 82.0 Å². The smallest absolute Gasteiger partial charge is 0.00232 e. The van der Waals surface area contributed by atoms with E-state index in [1.54, 1.807) is 10.6 Å². The first kappa shape index (κ1) is 31.6. The van der Waals surface area contributed by atoms with Gasteiger partial charge in [0.1, 0.15) is 0 Å². The zero-order valence-electron chi connectivity index (χ0n) is 29.3. The van der Waals surface area contributed by atoms with Crippen molar-refractivity contribution >= 4 is 69.5 Å². The molecule has 0 amide bonds. The molecule has 9 aromatic carbocycles. The summed E-state index contributed by atoms with van der Waals surface area (Å²) in [5, 5.41) is 13.8. The minimum absolute atomic E-state index is 0.486. The van der Waals surface area contributed by atoms with Crippen LogP contribution >= 0.6 is 15.8 Å². The largest absolute Gasteiger partial charge is 0.0733 e. The summed E-state index contributed by atoms with van der Waals surface area (Å²) in [6.45, 7) is 2.52. The summed E-state index contributed by atoms with van der Waals surface area (Å²) < 4.78 is 0. The lowest BCUT2D eigenvalue weighted by Gasteiger charge is -2.25. The van der Waals surface area contributed by atoms with Gasteiger partial charge in [-0.1, -0.05) is 192 Å². The topological polar surface area (TPSA) is 0 Å². The van der Waals surface area contributed by atoms with Gasteiger partial charge in [0.25, 0.3) is 0 Å². The Hall–Kier alpha value is -5.12. The third-order valence-corrected chi connectivity index (χ3v) is 15.8. The van der Waals surface area contributed by atoms with E-state index in [4.69, 9.17) is 0 Å². The van der Waals surface area contributed by atoms with E-state index in [1.807, 2.05) is 0 Å². The Morgan fingerprint density at radius 3 is 1.50 bits per heavy atom. The molecule has 1 atom stereocenters. The molecule has 52 heavy (non-hydrogen) atoms. The van der Waals surface area contributed by atoms with E-state index >= 15 is 0 Å². The van der Waals surface area contributed by atoms with E-state index in [-0.39, 0.29) is 0 Å². The number of hydrogen-bond acceptors (Lipinski definition) is 0. The second kappa shape index (κ2) is 13.1. The van der Waals surface area contributed by atoms with Gasteiger partial charge in [-0.05, 0) is 118 Å². The molecule has 0 aromatic heterocycles. The molecule has 0 nitrogen and oxygen atoms in total. The lowest BCUT2D eigenvalue weighted by molar-refractivity contribution is 1.40. The summed E-state index contributed by atoms with van der Waals surface area (Å²) in [5.41, 5.74) is 10.0. The molecular formula is C50H38P2. The van der Waals surface area contributed by atoms with Crippen molar-refractivity contribution in [3.05, 3.63) is 193 Å². The Kier molecular flexibility index (Phi) is 7.98. The Bertz CT molecular complexity index is 2720. The fourth-order valence-corrected chi connectivity index (χ4v) is 13.9. The molecule has 0 saturated carbocycles. The van der Waals surface area contributed by atoms with E-state index in [0.717, 1.165) is 18.5 Å². The van der Waals surface area contributed by atoms with Gasteiger partial charge < -0.3 is 0 Å². The van der Waals surface area contributed by atoms with Gasteiger partial charge in [0.2, 0.25) is 0 Å². The highest BCUT2D eigenvalue weighted by atomic mass is 31.1. The Morgan fingerprint density at radius 1 is 0.423 bits per heavy atom. The van der Waals surface area contributed by atoms with Crippen LogP contribution < -0.4 is 10.6 Å². The molecule has 10 rings (SSSR count). The van der Waals surface area contributed by atoms with Crippen LogP contribution in [0.25, 0.3) is 65.3 Å². The van der Waals surface area contributed by atoms with E-state index in [9.17, 15) is 0 Å². The normalized spacial score (nSPS) is 13.6. The molecule has 0 radical (unpaired) electrons. The van der Waals surface area contributed by atoms with Crippen molar-refractivity contribution in [1.82, 2.24) is 0 Å². The van der Waals surface area contributed by atoms with Crippen LogP contribution in [0.2, 0.25) is 0 Å². The fourth-order valence-electron chi connectivity index (χ4n) is 8.73. The summed E-state index contributed by atoms with van der Waals surface area (Å²) >= 11 is 0. The minimum Gasteiger partial charge on any atom is -0.0733 e. The summed E-state index contributed by atoms with van der Waals surface area (Å²) in [5.74, 6) is 0. The van der Waals surface area contributed by atoms with Crippen molar-refractivity contribution in [2.75, 3.05) is 6.66 Å². The quantitative estimate of drug-likeness (QED) is 0.157. The van der Waals surface area contributed by atoms with Crippen LogP contribution in [0.5, 0.6) is 0 Å². The fraction of sp³-hybridized carbons (Fsp3) is 0.0800. The van der Waals surface area contributed by atoms with Crippen LogP contribution in [0.4, 0.5) is 0 Å². The standard InChI is InChI=1S/C50H38P2/c1-51(31-38-28-25-35-14-3-7-19-42(35)48(38)45-22-12-17-34-13-2-6-18-41(34)45)46-23-10-11-24-47(46)52-32-39-29-26-36-15-4-8-20-43(36)49(39)50-40(33-52)30-27-37-16-5-9-21-44(37)50/h2-30H,31-33H2,1H3/t51-/m0/s1. The first-order chi connectivity index (χ1) is 25.7. The van der Waals surface area contributed by atoms with Crippen LogP contribution in [0.15, 0.2) is 176 Å². The monoisotopic (exact) mass is 700 g/mol. The maximum absolute atomic E-state index is 2.52. The minimum atomic E-state index is -0.492. The molecular weight excluding hydrogens is 662 g/mol. The van der Waals surface area contributed by atoms with Crippen LogP contribution in [-0.4, -0.2) is 6.66 Å². The molecule has 1 aliphatic heterocycles. The molecule has 248 valence electrons. The maximum Gasteiger partial charge on any atom is -0.00232 e. The highest BCUT2D eigenvalue weighted by Crippen LogP contribution is 2.53. The predicted octanol–water partition coefficient (Wildman–Crippen LogP) is 13.4. The number of fused-ring (bicyclic) bond motifs is 9. The van der Waals surface area contributed by atoms with Crippen LogP contribution in [0.3, 0.4) is 0 Å². The van der Waals surface area contributed by atoms with Gasteiger partial charge in [-0.3, -0.25) is 0 Å². The van der Waals surface area contributed by atoms with Gasteiger partial charge in [0.15, 0.2) is 0 Å². The van der Waals surface area contributed by atoms with Crippen LogP contribution in [0, 0.1) is 0 Å². The summed E-state index contributed by atoms with van der Waals surface area (Å²) in [4.78, 5) is 0. The molecule has 1 heterocycles. The van der Waals surface area contributed by atoms with Gasteiger partial charge in [-0.15, -0.1) is 0 Å². The molecule has 0 saturated heterocycles. The van der Waals surface area contributed by atoms with E-state index < -0.39 is 15.8 Å². The van der Waals surface area contributed by atoms with E-state index in [0.29, 0.717) is 0 Å². The molecule has 0 spiro atoms. The third-order valence-electron chi connectivity index (χ3n) is 11.1. The Labute approximate surface area is 308 Å². The average molecular weight is 701 g/mol. The zero-order valence-corrected chi connectivity index (χ0v) is 31.0. The molecule has 0 aliphatic carbocycles. The highest BCUT2D eigenvalue weighted by molar-refractivity contribution is 7.70. The number of rotatable bonds is 5.